The van der Waals surface area contributed by atoms with Crippen LogP contribution >= 0.6 is 0 Å². The smallest absolute Gasteiger partial charge is 0.0802 e. The van der Waals surface area contributed by atoms with E-state index < -0.39 is 11.2 Å². The van der Waals surface area contributed by atoms with Crippen LogP contribution in [0.4, 0.5) is 0 Å². The van der Waals surface area contributed by atoms with Gasteiger partial charge >= 0.3 is 0 Å². The molecular weight excluding hydrogens is 240 g/mol. The van der Waals surface area contributed by atoms with Gasteiger partial charge in [-0.1, -0.05) is 19.1 Å². The van der Waals surface area contributed by atoms with Crippen molar-refractivity contribution in [3.63, 3.8) is 0 Å². The maximum Gasteiger partial charge on any atom is 0.0802 e. The molecule has 0 aliphatic heterocycles. The highest BCUT2D eigenvalue weighted by atomic mass is 16.5. The minimum atomic E-state index is -0.778. The molecule has 1 rings (SSSR count). The molecule has 19 heavy (non-hydrogen) atoms. The summed E-state index contributed by atoms with van der Waals surface area (Å²) in [6, 6.07) is 0. The summed E-state index contributed by atoms with van der Waals surface area (Å²) in [7, 11) is 1.68. The van der Waals surface area contributed by atoms with Crippen molar-refractivity contribution in [1.29, 1.82) is 0 Å². The largest absolute Gasteiger partial charge is 0.390 e. The third-order valence-electron chi connectivity index (χ3n) is 4.92. The molecule has 0 amide bonds. The Bertz CT molecular complexity index is 329. The number of ether oxygens (including phenoxy) is 1. The first-order chi connectivity index (χ1) is 8.52. The zero-order valence-corrected chi connectivity index (χ0v) is 13.2. The molecule has 2 N–H and O–H groups in total. The van der Waals surface area contributed by atoms with Gasteiger partial charge in [0.05, 0.1) is 16.8 Å². The molecule has 4 unspecified atom stereocenters. The van der Waals surface area contributed by atoms with Crippen molar-refractivity contribution in [3.05, 3.63) is 12.2 Å². The molecule has 0 aromatic carbocycles. The Morgan fingerprint density at radius 2 is 1.95 bits per heavy atom. The van der Waals surface area contributed by atoms with E-state index in [4.69, 9.17) is 4.74 Å². The van der Waals surface area contributed by atoms with Crippen molar-refractivity contribution in [3.8, 4) is 0 Å². The summed E-state index contributed by atoms with van der Waals surface area (Å²) in [6.07, 6.45) is 6.21. The van der Waals surface area contributed by atoms with Crippen LogP contribution in [0.2, 0.25) is 0 Å². The molecule has 0 spiro atoms. The molecule has 1 aliphatic carbocycles. The standard InChI is InChI=1S/C16H30O3/c1-12-13(8-11-15(12,4)17)16(5,18)10-7-9-14(2,3)19-6/h7,9,12-13,17-18H,8,10-11H2,1-6H3. The number of rotatable bonds is 5. The minimum absolute atomic E-state index is 0.117. The topological polar surface area (TPSA) is 49.7 Å². The molecule has 1 saturated carbocycles. The molecule has 0 heterocycles. The van der Waals surface area contributed by atoms with Gasteiger partial charge < -0.3 is 14.9 Å². The highest BCUT2D eigenvalue weighted by Crippen LogP contribution is 2.46. The zero-order chi connectivity index (χ0) is 14.9. The summed E-state index contributed by atoms with van der Waals surface area (Å²) >= 11 is 0. The summed E-state index contributed by atoms with van der Waals surface area (Å²) in [5, 5.41) is 20.9. The normalized spacial score (nSPS) is 35.8. The van der Waals surface area contributed by atoms with E-state index in [2.05, 4.69) is 0 Å². The molecule has 3 nitrogen and oxygen atoms in total. The van der Waals surface area contributed by atoms with Crippen molar-refractivity contribution in [2.24, 2.45) is 11.8 Å². The third-order valence-corrected chi connectivity index (χ3v) is 4.92. The van der Waals surface area contributed by atoms with Crippen LogP contribution in [-0.2, 0) is 4.74 Å². The van der Waals surface area contributed by atoms with Crippen LogP contribution in [0.3, 0.4) is 0 Å². The molecule has 4 atom stereocenters. The van der Waals surface area contributed by atoms with E-state index in [0.29, 0.717) is 6.42 Å². The molecule has 1 aliphatic rings. The van der Waals surface area contributed by atoms with E-state index in [9.17, 15) is 10.2 Å². The molecule has 0 radical (unpaired) electrons. The molecule has 3 heteroatoms. The number of hydrogen-bond donors (Lipinski definition) is 2. The van der Waals surface area contributed by atoms with E-state index in [0.717, 1.165) is 12.8 Å². The van der Waals surface area contributed by atoms with E-state index >= 15 is 0 Å². The predicted molar refractivity (Wildman–Crippen MR) is 78.0 cm³/mol. The maximum atomic E-state index is 10.7. The van der Waals surface area contributed by atoms with Crippen molar-refractivity contribution in [1.82, 2.24) is 0 Å². The van der Waals surface area contributed by atoms with Crippen LogP contribution in [0.5, 0.6) is 0 Å². The van der Waals surface area contributed by atoms with Gasteiger partial charge in [-0.3, -0.25) is 0 Å². The number of methoxy groups -OCH3 is 1. The fourth-order valence-corrected chi connectivity index (χ4v) is 3.01. The van der Waals surface area contributed by atoms with Crippen molar-refractivity contribution in [2.45, 2.75) is 70.7 Å². The van der Waals surface area contributed by atoms with E-state index in [1.54, 1.807) is 7.11 Å². The van der Waals surface area contributed by atoms with Gasteiger partial charge in [0, 0.05) is 7.11 Å². The lowest BCUT2D eigenvalue weighted by Crippen LogP contribution is -2.40. The Morgan fingerprint density at radius 3 is 2.37 bits per heavy atom. The lowest BCUT2D eigenvalue weighted by Gasteiger charge is -2.35. The third kappa shape index (κ3) is 4.04. The van der Waals surface area contributed by atoms with Crippen LogP contribution in [-0.4, -0.2) is 34.1 Å². The van der Waals surface area contributed by atoms with Gasteiger partial charge in [-0.05, 0) is 58.8 Å². The van der Waals surface area contributed by atoms with Crippen molar-refractivity contribution >= 4 is 0 Å². The summed E-state index contributed by atoms with van der Waals surface area (Å²) in [4.78, 5) is 0. The molecule has 0 aromatic rings. The predicted octanol–water partition coefficient (Wildman–Crippen LogP) is 2.91. The highest BCUT2D eigenvalue weighted by Gasteiger charge is 2.47. The Morgan fingerprint density at radius 1 is 1.37 bits per heavy atom. The summed E-state index contributed by atoms with van der Waals surface area (Å²) in [5.74, 6) is 0.254. The molecule has 112 valence electrons. The second kappa shape index (κ2) is 5.55. The summed E-state index contributed by atoms with van der Waals surface area (Å²) < 4.78 is 5.32. The SMILES string of the molecule is COC(C)(C)C=CCC(C)(O)C1CCC(C)(O)C1C. The van der Waals surface area contributed by atoms with Crippen LogP contribution in [0.25, 0.3) is 0 Å². The molecule has 0 bridgehead atoms. The Hall–Kier alpha value is -0.380. The van der Waals surface area contributed by atoms with E-state index in [1.165, 1.54) is 0 Å². The highest BCUT2D eigenvalue weighted by molar-refractivity contribution is 5.04. The van der Waals surface area contributed by atoms with Gasteiger partial charge in [0.1, 0.15) is 0 Å². The van der Waals surface area contributed by atoms with Crippen molar-refractivity contribution in [2.75, 3.05) is 7.11 Å². The summed E-state index contributed by atoms with van der Waals surface area (Å²) in [5.41, 5.74) is -1.73. The van der Waals surface area contributed by atoms with Crippen LogP contribution in [0.1, 0.15) is 53.9 Å². The van der Waals surface area contributed by atoms with Gasteiger partial charge in [-0.25, -0.2) is 0 Å². The average molecular weight is 270 g/mol. The second-order valence-electron chi connectivity index (χ2n) is 7.06. The number of hydrogen-bond acceptors (Lipinski definition) is 3. The van der Waals surface area contributed by atoms with Gasteiger partial charge in [-0.2, -0.15) is 0 Å². The Labute approximate surface area is 117 Å². The lowest BCUT2D eigenvalue weighted by molar-refractivity contribution is -0.0486. The first kappa shape index (κ1) is 16.7. The van der Waals surface area contributed by atoms with Gasteiger partial charge in [0.25, 0.3) is 0 Å². The van der Waals surface area contributed by atoms with Crippen LogP contribution in [0.15, 0.2) is 12.2 Å². The first-order valence-electron chi connectivity index (χ1n) is 7.19. The average Bonchev–Trinajstić information content (AvgIpc) is 2.54. The van der Waals surface area contributed by atoms with E-state index in [1.807, 2.05) is 46.8 Å². The number of aliphatic hydroxyl groups is 2. The van der Waals surface area contributed by atoms with Crippen LogP contribution < -0.4 is 0 Å². The molecule has 1 fully saturated rings. The second-order valence-corrected chi connectivity index (χ2v) is 7.06. The quantitative estimate of drug-likeness (QED) is 0.755. The fraction of sp³-hybridized carbons (Fsp3) is 0.875. The van der Waals surface area contributed by atoms with Gasteiger partial charge in [0.15, 0.2) is 0 Å². The van der Waals surface area contributed by atoms with E-state index in [-0.39, 0.29) is 17.4 Å². The monoisotopic (exact) mass is 270 g/mol. The lowest BCUT2D eigenvalue weighted by atomic mass is 9.77. The summed E-state index contributed by atoms with van der Waals surface area (Å²) in [6.45, 7) is 9.76. The molecular formula is C16H30O3. The van der Waals surface area contributed by atoms with Gasteiger partial charge in [0.2, 0.25) is 0 Å². The van der Waals surface area contributed by atoms with Crippen molar-refractivity contribution < 1.29 is 14.9 Å². The zero-order valence-electron chi connectivity index (χ0n) is 13.2. The first-order valence-corrected chi connectivity index (χ1v) is 7.19. The molecule has 0 aromatic heterocycles. The Balaban J connectivity index is 2.67. The van der Waals surface area contributed by atoms with Crippen LogP contribution in [0, 0.1) is 11.8 Å². The van der Waals surface area contributed by atoms with Gasteiger partial charge in [-0.15, -0.1) is 0 Å². The Kier molecular flexibility index (Phi) is 4.87. The minimum Gasteiger partial charge on any atom is -0.390 e. The fourth-order valence-electron chi connectivity index (χ4n) is 3.01. The maximum absolute atomic E-state index is 10.7. The molecule has 0 saturated heterocycles.